The summed E-state index contributed by atoms with van der Waals surface area (Å²) in [5.74, 6) is -0.446. The van der Waals surface area contributed by atoms with E-state index in [0.29, 0.717) is 29.4 Å². The number of aromatic amines is 1. The standard InChI is InChI=1S/C25H25ClFN5O/c1-3-21(33)31-11-7-16(8-12-31)32-10-4-9-28-25-20(32)13-18(26)23(24(25)27)22-15(2)5-6-19-17(22)14-29-30-19/h3-6,9-10,13-14,16,21,33H,1,7-8,11-12H2,2H3,(H,29,30). The Labute approximate surface area is 196 Å². The van der Waals surface area contributed by atoms with Crippen molar-refractivity contribution in [3.05, 3.63) is 65.7 Å². The topological polar surface area (TPSA) is 67.8 Å². The summed E-state index contributed by atoms with van der Waals surface area (Å²) < 4.78 is 16.1. The van der Waals surface area contributed by atoms with Crippen molar-refractivity contribution in [2.45, 2.75) is 32.0 Å². The van der Waals surface area contributed by atoms with Crippen LogP contribution in [0.15, 0.2) is 54.3 Å². The number of fused-ring (bicyclic) bond motifs is 2. The fraction of sp³-hybridized carbons (Fsp3) is 0.280. The van der Waals surface area contributed by atoms with E-state index in [4.69, 9.17) is 11.6 Å². The Morgan fingerprint density at radius 2 is 2.09 bits per heavy atom. The Balaban J connectivity index is 1.57. The summed E-state index contributed by atoms with van der Waals surface area (Å²) in [6.45, 7) is 7.04. The number of aliphatic imine (C=N–C) groups is 1. The molecule has 3 aromatic rings. The molecule has 170 valence electrons. The van der Waals surface area contributed by atoms with Crippen LogP contribution >= 0.6 is 11.6 Å². The number of anilines is 1. The van der Waals surface area contributed by atoms with E-state index in [0.717, 1.165) is 34.9 Å². The van der Waals surface area contributed by atoms with Crippen LogP contribution in [0.2, 0.25) is 5.02 Å². The molecule has 2 N–H and O–H groups in total. The van der Waals surface area contributed by atoms with E-state index < -0.39 is 12.0 Å². The molecule has 33 heavy (non-hydrogen) atoms. The van der Waals surface area contributed by atoms with Crippen molar-refractivity contribution in [1.82, 2.24) is 15.1 Å². The number of nitrogens with zero attached hydrogens (tertiary/aromatic N) is 4. The van der Waals surface area contributed by atoms with Gasteiger partial charge in [0.25, 0.3) is 0 Å². The lowest BCUT2D eigenvalue weighted by Crippen LogP contribution is -2.46. The maximum atomic E-state index is 16.1. The average molecular weight is 466 g/mol. The third-order valence-corrected chi connectivity index (χ3v) is 6.84. The van der Waals surface area contributed by atoms with Gasteiger partial charge in [0.2, 0.25) is 0 Å². The molecule has 8 heteroatoms. The van der Waals surface area contributed by atoms with Crippen molar-refractivity contribution < 1.29 is 9.50 Å². The molecular weight excluding hydrogens is 441 g/mol. The van der Waals surface area contributed by atoms with Gasteiger partial charge >= 0.3 is 0 Å². The van der Waals surface area contributed by atoms with Gasteiger partial charge in [-0.05, 0) is 49.6 Å². The molecular formula is C25H25ClFN5O. The largest absolute Gasteiger partial charge is 0.375 e. The average Bonchev–Trinajstić information content (AvgIpc) is 3.20. The minimum Gasteiger partial charge on any atom is -0.375 e. The second kappa shape index (κ2) is 8.74. The highest BCUT2D eigenvalue weighted by molar-refractivity contribution is 6.34. The van der Waals surface area contributed by atoms with Gasteiger partial charge in [0.05, 0.1) is 22.4 Å². The third-order valence-electron chi connectivity index (χ3n) is 6.55. The fourth-order valence-corrected chi connectivity index (χ4v) is 5.11. The number of hydrogen-bond donors (Lipinski definition) is 2. The number of halogens is 2. The molecule has 0 aliphatic carbocycles. The molecule has 0 bridgehead atoms. The van der Waals surface area contributed by atoms with Crippen LogP contribution < -0.4 is 4.90 Å². The number of aliphatic hydroxyl groups is 1. The molecule has 1 atom stereocenters. The number of aliphatic hydroxyl groups excluding tert-OH is 1. The molecule has 0 amide bonds. The molecule has 1 unspecified atom stereocenters. The van der Waals surface area contributed by atoms with Gasteiger partial charge in [-0.3, -0.25) is 15.0 Å². The van der Waals surface area contributed by atoms with Crippen molar-refractivity contribution in [3.63, 3.8) is 0 Å². The zero-order valence-corrected chi connectivity index (χ0v) is 19.1. The van der Waals surface area contributed by atoms with E-state index in [1.165, 1.54) is 6.08 Å². The first-order valence-corrected chi connectivity index (χ1v) is 11.4. The molecule has 0 spiro atoms. The number of piperidine rings is 1. The molecule has 3 heterocycles. The molecule has 0 saturated carbocycles. The van der Waals surface area contributed by atoms with E-state index in [1.807, 2.05) is 42.3 Å². The number of benzene rings is 2. The lowest BCUT2D eigenvalue weighted by molar-refractivity contribution is 0.0249. The van der Waals surface area contributed by atoms with Crippen molar-refractivity contribution in [1.29, 1.82) is 0 Å². The van der Waals surface area contributed by atoms with Gasteiger partial charge in [-0.15, -0.1) is 0 Å². The summed E-state index contributed by atoms with van der Waals surface area (Å²) >= 11 is 6.76. The lowest BCUT2D eigenvalue weighted by Gasteiger charge is -2.39. The molecule has 1 fully saturated rings. The number of aryl methyl sites for hydroxylation is 1. The maximum Gasteiger partial charge on any atom is 0.160 e. The van der Waals surface area contributed by atoms with E-state index in [2.05, 4.69) is 26.7 Å². The summed E-state index contributed by atoms with van der Waals surface area (Å²) in [6.07, 6.45) is 9.56. The number of hydrogen-bond acceptors (Lipinski definition) is 5. The molecule has 1 saturated heterocycles. The van der Waals surface area contributed by atoms with Gasteiger partial charge in [-0.1, -0.05) is 24.2 Å². The first-order valence-electron chi connectivity index (χ1n) is 11.0. The van der Waals surface area contributed by atoms with Gasteiger partial charge in [-0.2, -0.15) is 5.10 Å². The molecule has 5 rings (SSSR count). The van der Waals surface area contributed by atoms with Gasteiger partial charge in [0, 0.05) is 48.1 Å². The molecule has 2 aliphatic heterocycles. The van der Waals surface area contributed by atoms with Crippen LogP contribution in [-0.4, -0.2) is 51.8 Å². The fourth-order valence-electron chi connectivity index (χ4n) is 4.83. The molecule has 6 nitrogen and oxygen atoms in total. The zero-order chi connectivity index (χ0) is 23.1. The number of H-pyrrole nitrogens is 1. The van der Waals surface area contributed by atoms with Crippen molar-refractivity contribution in [2.75, 3.05) is 18.0 Å². The van der Waals surface area contributed by atoms with Gasteiger partial charge in [-0.25, -0.2) is 4.39 Å². The van der Waals surface area contributed by atoms with Crippen LogP contribution in [0.5, 0.6) is 0 Å². The maximum absolute atomic E-state index is 16.1. The van der Waals surface area contributed by atoms with Gasteiger partial charge in [0.15, 0.2) is 5.82 Å². The molecule has 2 aromatic carbocycles. The van der Waals surface area contributed by atoms with Gasteiger partial charge < -0.3 is 10.0 Å². The van der Waals surface area contributed by atoms with Crippen LogP contribution in [0.3, 0.4) is 0 Å². The van der Waals surface area contributed by atoms with Crippen LogP contribution in [0.1, 0.15) is 18.4 Å². The number of allylic oxidation sites excluding steroid dienone is 1. The molecule has 1 aromatic heterocycles. The van der Waals surface area contributed by atoms with E-state index in [-0.39, 0.29) is 11.7 Å². The van der Waals surface area contributed by atoms with Gasteiger partial charge in [0.1, 0.15) is 11.9 Å². The van der Waals surface area contributed by atoms with Crippen LogP contribution in [0.4, 0.5) is 15.8 Å². The van der Waals surface area contributed by atoms with Crippen molar-refractivity contribution in [3.8, 4) is 11.1 Å². The Morgan fingerprint density at radius 3 is 2.85 bits per heavy atom. The number of rotatable bonds is 4. The Bertz CT molecular complexity index is 1280. The quantitative estimate of drug-likeness (QED) is 0.511. The summed E-state index contributed by atoms with van der Waals surface area (Å²) in [7, 11) is 0. The highest BCUT2D eigenvalue weighted by atomic mass is 35.5. The van der Waals surface area contributed by atoms with Crippen molar-refractivity contribution >= 4 is 40.1 Å². The molecule has 0 radical (unpaired) electrons. The van der Waals surface area contributed by atoms with Crippen LogP contribution in [0.25, 0.3) is 22.0 Å². The van der Waals surface area contributed by atoms with Crippen molar-refractivity contribution in [2.24, 2.45) is 4.99 Å². The minimum absolute atomic E-state index is 0.135. The monoisotopic (exact) mass is 465 g/mol. The predicted molar refractivity (Wildman–Crippen MR) is 132 cm³/mol. The summed E-state index contributed by atoms with van der Waals surface area (Å²) in [4.78, 5) is 8.48. The molecule has 2 aliphatic rings. The highest BCUT2D eigenvalue weighted by Crippen LogP contribution is 2.46. The Morgan fingerprint density at radius 1 is 1.30 bits per heavy atom. The summed E-state index contributed by atoms with van der Waals surface area (Å²) in [5.41, 5.74) is 3.70. The van der Waals surface area contributed by atoms with E-state index >= 15 is 4.39 Å². The minimum atomic E-state index is -0.649. The second-order valence-corrected chi connectivity index (χ2v) is 8.85. The lowest BCUT2D eigenvalue weighted by atomic mass is 9.94. The third kappa shape index (κ3) is 3.76. The first-order chi connectivity index (χ1) is 16.0. The zero-order valence-electron chi connectivity index (χ0n) is 18.3. The normalized spacial score (nSPS) is 17.9. The number of nitrogens with one attached hydrogen (secondary N) is 1. The summed E-state index contributed by atoms with van der Waals surface area (Å²) in [6, 6.07) is 5.80. The second-order valence-electron chi connectivity index (χ2n) is 8.45. The van der Waals surface area contributed by atoms with Crippen LogP contribution in [-0.2, 0) is 0 Å². The van der Waals surface area contributed by atoms with Crippen LogP contribution in [0, 0.1) is 12.7 Å². The number of likely N-dealkylation sites (tertiary alicyclic amines) is 1. The number of aromatic nitrogens is 2. The first kappa shape index (κ1) is 21.8. The Hall–Kier alpha value is -3.00. The predicted octanol–water partition coefficient (Wildman–Crippen LogP) is 5.34. The SMILES string of the molecule is C=CC(O)N1CCC(N2C=CC=Nc3c2cc(Cl)c(-c2c(C)ccc4[nH]ncc24)c3F)CC1. The Kier molecular flexibility index (Phi) is 5.78. The smallest absolute Gasteiger partial charge is 0.160 e. The highest BCUT2D eigenvalue weighted by Gasteiger charge is 2.30. The van der Waals surface area contributed by atoms with E-state index in [9.17, 15) is 5.11 Å². The summed E-state index contributed by atoms with van der Waals surface area (Å²) in [5, 5.41) is 18.3. The van der Waals surface area contributed by atoms with E-state index in [1.54, 1.807) is 12.4 Å².